The Kier molecular flexibility index (Phi) is 5.62. The first kappa shape index (κ1) is 17.3. The standard InChI is InChI=1S/C14H21FN2O4/c1-8-5-9(15)6-16-11(8)12(19)10(18)7-17-13(20)21-14(2,3)4/h5-6,10,12,18-19H,7H2,1-4H3,(H,17,20). The number of pyridine rings is 1. The maximum absolute atomic E-state index is 12.9. The maximum Gasteiger partial charge on any atom is 0.407 e. The Balaban J connectivity index is 2.59. The van der Waals surface area contributed by atoms with Crippen molar-refractivity contribution in [1.82, 2.24) is 10.3 Å². The van der Waals surface area contributed by atoms with Crippen LogP contribution in [0.2, 0.25) is 0 Å². The Morgan fingerprint density at radius 2 is 2.10 bits per heavy atom. The largest absolute Gasteiger partial charge is 0.444 e. The zero-order valence-electron chi connectivity index (χ0n) is 12.6. The summed E-state index contributed by atoms with van der Waals surface area (Å²) in [5.74, 6) is -0.523. The highest BCUT2D eigenvalue weighted by atomic mass is 19.1. The van der Waals surface area contributed by atoms with Gasteiger partial charge in [-0.1, -0.05) is 0 Å². The molecule has 1 rings (SSSR count). The summed E-state index contributed by atoms with van der Waals surface area (Å²) in [5.41, 5.74) is -0.0725. The van der Waals surface area contributed by atoms with Gasteiger partial charge in [-0.3, -0.25) is 4.98 Å². The van der Waals surface area contributed by atoms with E-state index in [0.29, 0.717) is 5.56 Å². The van der Waals surface area contributed by atoms with Gasteiger partial charge in [-0.15, -0.1) is 0 Å². The molecule has 118 valence electrons. The summed E-state index contributed by atoms with van der Waals surface area (Å²) in [6.45, 7) is 6.49. The molecule has 2 unspecified atom stereocenters. The van der Waals surface area contributed by atoms with Crippen LogP contribution < -0.4 is 5.32 Å². The highest BCUT2D eigenvalue weighted by Gasteiger charge is 2.23. The predicted octanol–water partition coefficient (Wildman–Crippen LogP) is 1.45. The number of ether oxygens (including phenoxy) is 1. The number of carbonyl (C=O) groups excluding carboxylic acids is 1. The van der Waals surface area contributed by atoms with E-state index in [1.807, 2.05) is 0 Å². The zero-order valence-corrected chi connectivity index (χ0v) is 12.6. The van der Waals surface area contributed by atoms with E-state index in [4.69, 9.17) is 4.74 Å². The summed E-state index contributed by atoms with van der Waals surface area (Å²) in [5, 5.41) is 22.2. The number of halogens is 1. The lowest BCUT2D eigenvalue weighted by molar-refractivity contribution is 0.0105. The van der Waals surface area contributed by atoms with Crippen molar-refractivity contribution in [2.24, 2.45) is 0 Å². The molecule has 0 spiro atoms. The molecule has 1 aromatic rings. The molecule has 0 bridgehead atoms. The Morgan fingerprint density at radius 3 is 2.62 bits per heavy atom. The second-order valence-electron chi connectivity index (χ2n) is 5.75. The second kappa shape index (κ2) is 6.82. The molecule has 7 heteroatoms. The molecule has 0 aromatic carbocycles. The molecular weight excluding hydrogens is 279 g/mol. The highest BCUT2D eigenvalue weighted by molar-refractivity contribution is 5.67. The maximum atomic E-state index is 12.9. The van der Waals surface area contributed by atoms with Crippen LogP contribution in [0.25, 0.3) is 0 Å². The van der Waals surface area contributed by atoms with E-state index in [1.54, 1.807) is 27.7 Å². The Bertz CT molecular complexity index is 502. The van der Waals surface area contributed by atoms with Crippen molar-refractivity contribution in [3.63, 3.8) is 0 Å². The summed E-state index contributed by atoms with van der Waals surface area (Å²) >= 11 is 0. The monoisotopic (exact) mass is 300 g/mol. The average Bonchev–Trinajstić information content (AvgIpc) is 2.33. The van der Waals surface area contributed by atoms with E-state index in [9.17, 15) is 19.4 Å². The van der Waals surface area contributed by atoms with Gasteiger partial charge < -0.3 is 20.3 Å². The van der Waals surface area contributed by atoms with Crippen LogP contribution >= 0.6 is 0 Å². The number of nitrogens with one attached hydrogen (secondary N) is 1. The molecule has 0 saturated heterocycles. The molecule has 0 saturated carbocycles. The van der Waals surface area contributed by atoms with Crippen LogP contribution in [0.15, 0.2) is 12.3 Å². The van der Waals surface area contributed by atoms with Crippen molar-refractivity contribution in [3.8, 4) is 0 Å². The SMILES string of the molecule is Cc1cc(F)cnc1C(O)C(O)CNC(=O)OC(C)(C)C. The number of amides is 1. The molecule has 1 aromatic heterocycles. The van der Waals surface area contributed by atoms with E-state index >= 15 is 0 Å². The lowest BCUT2D eigenvalue weighted by Gasteiger charge is -2.22. The van der Waals surface area contributed by atoms with E-state index in [2.05, 4.69) is 10.3 Å². The molecule has 0 aliphatic rings. The molecule has 0 aliphatic carbocycles. The fourth-order valence-electron chi connectivity index (χ4n) is 1.66. The van der Waals surface area contributed by atoms with Crippen LogP contribution in [-0.4, -0.2) is 39.5 Å². The van der Waals surface area contributed by atoms with Gasteiger partial charge in [0.15, 0.2) is 0 Å². The number of aliphatic hydroxyl groups excluding tert-OH is 2. The van der Waals surface area contributed by atoms with Gasteiger partial charge in [0, 0.05) is 6.54 Å². The first-order chi connectivity index (χ1) is 9.60. The van der Waals surface area contributed by atoms with Gasteiger partial charge in [0.05, 0.1) is 11.9 Å². The van der Waals surface area contributed by atoms with E-state index in [0.717, 1.165) is 6.20 Å². The summed E-state index contributed by atoms with van der Waals surface area (Å²) in [4.78, 5) is 15.2. The lowest BCUT2D eigenvalue weighted by Crippen LogP contribution is -2.39. The fourth-order valence-corrected chi connectivity index (χ4v) is 1.66. The quantitative estimate of drug-likeness (QED) is 0.783. The van der Waals surface area contributed by atoms with Crippen molar-refractivity contribution in [2.45, 2.75) is 45.5 Å². The van der Waals surface area contributed by atoms with Gasteiger partial charge in [0.25, 0.3) is 0 Å². The molecule has 2 atom stereocenters. The van der Waals surface area contributed by atoms with Gasteiger partial charge in [-0.2, -0.15) is 0 Å². The van der Waals surface area contributed by atoms with Crippen LogP contribution in [0.5, 0.6) is 0 Å². The van der Waals surface area contributed by atoms with Crippen LogP contribution in [0, 0.1) is 12.7 Å². The molecule has 1 heterocycles. The first-order valence-corrected chi connectivity index (χ1v) is 6.55. The summed E-state index contributed by atoms with van der Waals surface area (Å²) in [6.07, 6.45) is -2.35. The van der Waals surface area contributed by atoms with Gasteiger partial charge in [0.2, 0.25) is 0 Å². The summed E-state index contributed by atoms with van der Waals surface area (Å²) < 4.78 is 17.9. The minimum Gasteiger partial charge on any atom is -0.444 e. The van der Waals surface area contributed by atoms with E-state index in [1.165, 1.54) is 6.07 Å². The van der Waals surface area contributed by atoms with Crippen molar-refractivity contribution in [3.05, 3.63) is 29.3 Å². The number of carbonyl (C=O) groups is 1. The van der Waals surface area contributed by atoms with E-state index in [-0.39, 0.29) is 12.2 Å². The van der Waals surface area contributed by atoms with Crippen LogP contribution in [0.4, 0.5) is 9.18 Å². The van der Waals surface area contributed by atoms with Crippen molar-refractivity contribution in [2.75, 3.05) is 6.54 Å². The third kappa shape index (κ3) is 5.65. The first-order valence-electron chi connectivity index (χ1n) is 6.55. The molecule has 0 radical (unpaired) electrons. The highest BCUT2D eigenvalue weighted by Crippen LogP contribution is 2.19. The minimum absolute atomic E-state index is 0.162. The number of hydrogen-bond acceptors (Lipinski definition) is 5. The number of rotatable bonds is 4. The smallest absolute Gasteiger partial charge is 0.407 e. The Labute approximate surface area is 123 Å². The van der Waals surface area contributed by atoms with Gasteiger partial charge in [-0.05, 0) is 39.3 Å². The number of alkyl carbamates (subject to hydrolysis) is 1. The van der Waals surface area contributed by atoms with Gasteiger partial charge >= 0.3 is 6.09 Å². The van der Waals surface area contributed by atoms with Crippen LogP contribution in [0.1, 0.15) is 38.1 Å². The normalized spacial score (nSPS) is 14.4. The number of aromatic nitrogens is 1. The number of nitrogens with zero attached hydrogens (tertiary/aromatic N) is 1. The molecule has 0 aliphatic heterocycles. The van der Waals surface area contributed by atoms with Crippen LogP contribution in [0.3, 0.4) is 0 Å². The zero-order chi connectivity index (χ0) is 16.2. The second-order valence-corrected chi connectivity index (χ2v) is 5.75. The van der Waals surface area contributed by atoms with Crippen molar-refractivity contribution < 1.29 is 24.1 Å². The number of aryl methyl sites for hydroxylation is 1. The van der Waals surface area contributed by atoms with Crippen LogP contribution in [-0.2, 0) is 4.74 Å². The van der Waals surface area contributed by atoms with Gasteiger partial charge in [-0.25, -0.2) is 9.18 Å². The Hall–Kier alpha value is -1.73. The molecule has 1 amide bonds. The minimum atomic E-state index is -1.33. The summed E-state index contributed by atoms with van der Waals surface area (Å²) in [7, 11) is 0. The van der Waals surface area contributed by atoms with E-state index < -0.39 is 29.7 Å². The molecular formula is C14H21FN2O4. The van der Waals surface area contributed by atoms with Crippen molar-refractivity contribution in [1.29, 1.82) is 0 Å². The fraction of sp³-hybridized carbons (Fsp3) is 0.571. The predicted molar refractivity (Wildman–Crippen MR) is 74.1 cm³/mol. The molecule has 6 nitrogen and oxygen atoms in total. The molecule has 0 fully saturated rings. The Morgan fingerprint density at radius 1 is 1.48 bits per heavy atom. The van der Waals surface area contributed by atoms with Crippen molar-refractivity contribution >= 4 is 6.09 Å². The summed E-state index contributed by atoms with van der Waals surface area (Å²) in [6, 6.07) is 1.21. The topological polar surface area (TPSA) is 91.7 Å². The third-order valence-electron chi connectivity index (χ3n) is 2.58. The lowest BCUT2D eigenvalue weighted by atomic mass is 10.1. The van der Waals surface area contributed by atoms with Gasteiger partial charge in [0.1, 0.15) is 23.6 Å². The third-order valence-corrected chi connectivity index (χ3v) is 2.58. The molecule has 21 heavy (non-hydrogen) atoms. The molecule has 3 N–H and O–H groups in total. The number of aliphatic hydroxyl groups is 2. The number of hydrogen-bond donors (Lipinski definition) is 3. The average molecular weight is 300 g/mol.